The molecule has 32 heavy (non-hydrogen) atoms. The number of amides is 1. The van der Waals surface area contributed by atoms with Gasteiger partial charge in [-0.1, -0.05) is 11.6 Å². The molecule has 1 unspecified atom stereocenters. The number of hydrogen-bond acceptors (Lipinski definition) is 5. The second kappa shape index (κ2) is 9.86. The van der Waals surface area contributed by atoms with Gasteiger partial charge in [-0.15, -0.1) is 0 Å². The van der Waals surface area contributed by atoms with Crippen molar-refractivity contribution < 1.29 is 35.9 Å². The molecule has 1 amide bonds. The number of carbonyl (C=O) groups is 1. The van der Waals surface area contributed by atoms with Crippen molar-refractivity contribution in [2.45, 2.75) is 19.1 Å². The van der Waals surface area contributed by atoms with Crippen LogP contribution in [0.2, 0.25) is 5.02 Å². The van der Waals surface area contributed by atoms with Gasteiger partial charge in [0, 0.05) is 5.56 Å². The lowest BCUT2D eigenvalue weighted by Crippen LogP contribution is -2.41. The van der Waals surface area contributed by atoms with Crippen LogP contribution in [-0.2, 0) is 21.0 Å². The monoisotopic (exact) mass is 494 g/mol. The molecule has 0 bridgehead atoms. The predicted octanol–water partition coefficient (Wildman–Crippen LogP) is 4.02. The Balaban J connectivity index is 2.31. The molecule has 0 radical (unpaired) electrons. The summed E-state index contributed by atoms with van der Waals surface area (Å²) in [7, 11) is -1.17. The van der Waals surface area contributed by atoms with E-state index in [4.69, 9.17) is 21.1 Å². The topological polar surface area (TPSA) is 84.9 Å². The number of anilines is 1. The normalized spacial score (nSPS) is 12.8. The molecule has 0 aliphatic rings. The third-order valence-corrected chi connectivity index (χ3v) is 5.98. The van der Waals surface area contributed by atoms with Crippen LogP contribution in [0.15, 0.2) is 36.4 Å². The van der Waals surface area contributed by atoms with Crippen LogP contribution >= 0.6 is 11.6 Å². The summed E-state index contributed by atoms with van der Waals surface area (Å²) in [6, 6.07) is 6.95. The average molecular weight is 495 g/mol. The molecule has 0 spiro atoms. The fourth-order valence-electron chi connectivity index (χ4n) is 2.96. The van der Waals surface area contributed by atoms with Gasteiger partial charge in [0.1, 0.15) is 18.0 Å². The second-order valence-electron chi connectivity index (χ2n) is 6.83. The Hall–Kier alpha value is -2.66. The number of nitrogens with one attached hydrogen (secondary N) is 1. The standard InChI is InChI=1S/C20H22ClF3N2O5S/c1-12(15-10-14(30-2)6-8-18(15)31-3)25-19(27)11-26(32(4,28)29)13-5-7-17(21)16(9-13)20(22,23)24/h5-10,12H,11H2,1-4H3,(H,25,27). The van der Waals surface area contributed by atoms with Gasteiger partial charge in [0.05, 0.1) is 42.8 Å². The number of benzene rings is 2. The van der Waals surface area contributed by atoms with E-state index in [9.17, 15) is 26.4 Å². The van der Waals surface area contributed by atoms with Gasteiger partial charge in [0.2, 0.25) is 15.9 Å². The fourth-order valence-corrected chi connectivity index (χ4v) is 4.03. The van der Waals surface area contributed by atoms with E-state index in [1.165, 1.54) is 14.2 Å². The highest BCUT2D eigenvalue weighted by atomic mass is 35.5. The minimum atomic E-state index is -4.80. The van der Waals surface area contributed by atoms with Crippen molar-refractivity contribution in [1.82, 2.24) is 5.32 Å². The van der Waals surface area contributed by atoms with Gasteiger partial charge in [0.25, 0.3) is 0 Å². The summed E-state index contributed by atoms with van der Waals surface area (Å²) in [5.41, 5.74) is -0.983. The second-order valence-corrected chi connectivity index (χ2v) is 9.14. The fraction of sp³-hybridized carbons (Fsp3) is 0.350. The van der Waals surface area contributed by atoms with Gasteiger partial charge in [-0.2, -0.15) is 13.2 Å². The number of methoxy groups -OCH3 is 2. The lowest BCUT2D eigenvalue weighted by molar-refractivity contribution is -0.137. The summed E-state index contributed by atoms with van der Waals surface area (Å²) in [5, 5.41) is 2.04. The molecular formula is C20H22ClF3N2O5S. The molecule has 1 N–H and O–H groups in total. The van der Waals surface area contributed by atoms with Crippen molar-refractivity contribution in [2.75, 3.05) is 31.3 Å². The van der Waals surface area contributed by atoms with E-state index in [1.54, 1.807) is 25.1 Å². The highest BCUT2D eigenvalue weighted by Gasteiger charge is 2.34. The molecule has 0 fully saturated rings. The maximum atomic E-state index is 13.2. The van der Waals surface area contributed by atoms with Crippen LogP contribution in [0.5, 0.6) is 11.5 Å². The summed E-state index contributed by atoms with van der Waals surface area (Å²) in [6.07, 6.45) is -4.01. The molecule has 0 saturated heterocycles. The zero-order valence-corrected chi connectivity index (χ0v) is 19.2. The Morgan fingerprint density at radius 3 is 2.34 bits per heavy atom. The van der Waals surface area contributed by atoms with Gasteiger partial charge >= 0.3 is 6.18 Å². The molecule has 12 heteroatoms. The highest BCUT2D eigenvalue weighted by Crippen LogP contribution is 2.37. The first-order chi connectivity index (χ1) is 14.8. The van der Waals surface area contributed by atoms with Crippen LogP contribution in [-0.4, -0.2) is 41.3 Å². The van der Waals surface area contributed by atoms with Crippen LogP contribution in [0.25, 0.3) is 0 Å². The molecule has 2 aromatic rings. The molecule has 176 valence electrons. The highest BCUT2D eigenvalue weighted by molar-refractivity contribution is 7.92. The van der Waals surface area contributed by atoms with Crippen molar-refractivity contribution in [2.24, 2.45) is 0 Å². The molecule has 0 aliphatic carbocycles. The van der Waals surface area contributed by atoms with Crippen LogP contribution in [0, 0.1) is 0 Å². The summed E-state index contributed by atoms with van der Waals surface area (Å²) in [4.78, 5) is 12.6. The van der Waals surface area contributed by atoms with Gasteiger partial charge in [-0.05, 0) is 43.3 Å². The molecule has 0 aliphatic heterocycles. The van der Waals surface area contributed by atoms with Gasteiger partial charge in [-0.25, -0.2) is 8.42 Å². The summed E-state index contributed by atoms with van der Waals surface area (Å²) < 4.78 is 75.1. The first-order valence-corrected chi connectivity index (χ1v) is 11.4. The van der Waals surface area contributed by atoms with E-state index in [2.05, 4.69) is 5.32 Å². The number of nitrogens with zero attached hydrogens (tertiary/aromatic N) is 1. The van der Waals surface area contributed by atoms with Gasteiger partial charge in [-0.3, -0.25) is 9.10 Å². The molecule has 7 nitrogen and oxygen atoms in total. The van der Waals surface area contributed by atoms with Crippen molar-refractivity contribution in [3.8, 4) is 11.5 Å². The van der Waals surface area contributed by atoms with Crippen LogP contribution in [0.3, 0.4) is 0 Å². The van der Waals surface area contributed by atoms with Crippen LogP contribution < -0.4 is 19.1 Å². The maximum Gasteiger partial charge on any atom is 0.417 e. The minimum absolute atomic E-state index is 0.342. The Morgan fingerprint density at radius 2 is 1.81 bits per heavy atom. The maximum absolute atomic E-state index is 13.2. The van der Waals surface area contributed by atoms with Gasteiger partial charge in [0.15, 0.2) is 0 Å². The van der Waals surface area contributed by atoms with E-state index in [1.807, 2.05) is 0 Å². The minimum Gasteiger partial charge on any atom is -0.497 e. The zero-order valence-electron chi connectivity index (χ0n) is 17.7. The van der Waals surface area contributed by atoms with E-state index < -0.39 is 45.3 Å². The number of sulfonamides is 1. The number of halogens is 4. The molecule has 1 atom stereocenters. The zero-order chi connectivity index (χ0) is 24.3. The van der Waals surface area contributed by atoms with E-state index in [-0.39, 0.29) is 5.69 Å². The summed E-state index contributed by atoms with van der Waals surface area (Å²) in [6.45, 7) is 0.901. The smallest absolute Gasteiger partial charge is 0.417 e. The molecule has 0 heterocycles. The number of rotatable bonds is 8. The third kappa shape index (κ3) is 6.19. The third-order valence-electron chi connectivity index (χ3n) is 4.51. The van der Waals surface area contributed by atoms with Crippen molar-refractivity contribution in [1.29, 1.82) is 0 Å². The van der Waals surface area contributed by atoms with E-state index in [0.29, 0.717) is 27.4 Å². The molecule has 0 aromatic heterocycles. The summed E-state index contributed by atoms with van der Waals surface area (Å²) >= 11 is 5.61. The van der Waals surface area contributed by atoms with Crippen molar-refractivity contribution >= 4 is 33.2 Å². The van der Waals surface area contributed by atoms with Crippen LogP contribution in [0.1, 0.15) is 24.1 Å². The molecular weight excluding hydrogens is 473 g/mol. The largest absolute Gasteiger partial charge is 0.497 e. The molecule has 0 saturated carbocycles. The molecule has 2 aromatic carbocycles. The van der Waals surface area contributed by atoms with Crippen molar-refractivity contribution in [3.05, 3.63) is 52.5 Å². The van der Waals surface area contributed by atoms with E-state index >= 15 is 0 Å². The Bertz CT molecular complexity index is 1090. The van der Waals surface area contributed by atoms with Crippen LogP contribution in [0.4, 0.5) is 18.9 Å². The number of hydrogen-bond donors (Lipinski definition) is 1. The van der Waals surface area contributed by atoms with Gasteiger partial charge < -0.3 is 14.8 Å². The lowest BCUT2D eigenvalue weighted by Gasteiger charge is -2.25. The quantitative estimate of drug-likeness (QED) is 0.599. The number of carbonyl (C=O) groups excluding carboxylic acids is 1. The average Bonchev–Trinajstić information content (AvgIpc) is 2.70. The Kier molecular flexibility index (Phi) is 7.89. The van der Waals surface area contributed by atoms with E-state index in [0.717, 1.165) is 18.4 Å². The Labute approximate surface area is 189 Å². The van der Waals surface area contributed by atoms with Crippen molar-refractivity contribution in [3.63, 3.8) is 0 Å². The number of alkyl halides is 3. The SMILES string of the molecule is COc1ccc(OC)c(C(C)NC(=O)CN(c2ccc(Cl)c(C(F)(F)F)c2)S(C)(=O)=O)c1. The Morgan fingerprint density at radius 1 is 1.16 bits per heavy atom. The first-order valence-electron chi connectivity index (χ1n) is 9.13. The molecule has 2 rings (SSSR count). The number of ether oxygens (including phenoxy) is 2. The summed E-state index contributed by atoms with van der Waals surface area (Å²) in [5.74, 6) is 0.239. The lowest BCUT2D eigenvalue weighted by atomic mass is 10.1. The first kappa shape index (κ1) is 25.6. The predicted molar refractivity (Wildman–Crippen MR) is 115 cm³/mol.